The Morgan fingerprint density at radius 3 is 2.10 bits per heavy atom. The van der Waals surface area contributed by atoms with Crippen LogP contribution in [-0.4, -0.2) is 19.4 Å². The minimum absolute atomic E-state index is 0.198. The summed E-state index contributed by atoms with van der Waals surface area (Å²) < 4.78 is 11.2. The number of oxazole rings is 1. The van der Waals surface area contributed by atoms with Crippen LogP contribution in [0.4, 0.5) is 0 Å². The molecule has 3 aromatic heterocycles. The molecule has 10 rings (SSSR count). The first-order valence-corrected chi connectivity index (χ1v) is 15.2. The smallest absolute Gasteiger partial charge is 0.307 e. The SMILES string of the molecule is C1=CC2Sc3ccccc3C2c2nc(-n3c4ccccc4c4cc5c6ccccc6n(-c6ccccc6)c5cc43)oc21. The second-order valence-electron chi connectivity index (χ2n) is 11.1. The molecule has 4 nitrogen and oxygen atoms in total. The van der Waals surface area contributed by atoms with Crippen LogP contribution in [0.2, 0.25) is 0 Å². The van der Waals surface area contributed by atoms with E-state index in [1.165, 1.54) is 37.5 Å². The van der Waals surface area contributed by atoms with E-state index < -0.39 is 0 Å². The molecular weight excluding hydrogens is 534 g/mol. The third kappa shape index (κ3) is 2.96. The monoisotopic (exact) mass is 557 g/mol. The molecule has 0 spiro atoms. The van der Waals surface area contributed by atoms with Gasteiger partial charge in [0, 0.05) is 43.3 Å². The number of hydrogen-bond acceptors (Lipinski definition) is 3. The van der Waals surface area contributed by atoms with E-state index in [1.54, 1.807) is 0 Å². The van der Waals surface area contributed by atoms with Crippen molar-refractivity contribution in [2.45, 2.75) is 16.1 Å². The fourth-order valence-corrected chi connectivity index (χ4v) is 8.48. The summed E-state index contributed by atoms with van der Waals surface area (Å²) in [6.07, 6.45) is 4.39. The number of fused-ring (bicyclic) bond motifs is 11. The number of hydrogen-bond donors (Lipinski definition) is 0. The normalized spacial score (nSPS) is 17.3. The van der Waals surface area contributed by atoms with Gasteiger partial charge in [-0.05, 0) is 54.1 Å². The van der Waals surface area contributed by atoms with Crippen molar-refractivity contribution in [2.75, 3.05) is 0 Å². The van der Waals surface area contributed by atoms with Crippen LogP contribution in [0.15, 0.2) is 131 Å². The predicted octanol–water partition coefficient (Wildman–Crippen LogP) is 9.50. The van der Waals surface area contributed by atoms with E-state index in [4.69, 9.17) is 9.40 Å². The lowest BCUT2D eigenvalue weighted by Gasteiger charge is -2.18. The van der Waals surface area contributed by atoms with Gasteiger partial charge in [-0.2, -0.15) is 4.98 Å². The van der Waals surface area contributed by atoms with Crippen LogP contribution >= 0.6 is 11.8 Å². The minimum Gasteiger partial charge on any atom is -0.423 e. The van der Waals surface area contributed by atoms with Gasteiger partial charge < -0.3 is 8.98 Å². The molecule has 0 saturated heterocycles. The first kappa shape index (κ1) is 22.7. The van der Waals surface area contributed by atoms with Crippen LogP contribution in [-0.2, 0) is 0 Å². The van der Waals surface area contributed by atoms with Crippen LogP contribution in [0.5, 0.6) is 0 Å². The number of thioether (sulfide) groups is 1. The molecule has 5 heteroatoms. The lowest BCUT2D eigenvalue weighted by Crippen LogP contribution is -2.14. The number of benzene rings is 5. The summed E-state index contributed by atoms with van der Waals surface area (Å²) in [5.74, 6) is 1.05. The van der Waals surface area contributed by atoms with E-state index in [9.17, 15) is 0 Å². The molecule has 0 N–H and O–H groups in total. The van der Waals surface area contributed by atoms with Crippen LogP contribution in [0.3, 0.4) is 0 Å². The van der Waals surface area contributed by atoms with Crippen molar-refractivity contribution in [3.05, 3.63) is 138 Å². The molecule has 1 aliphatic carbocycles. The molecule has 0 saturated carbocycles. The third-order valence-electron chi connectivity index (χ3n) is 8.92. The zero-order valence-electron chi connectivity index (χ0n) is 22.4. The van der Waals surface area contributed by atoms with Gasteiger partial charge in [0.2, 0.25) is 0 Å². The molecule has 42 heavy (non-hydrogen) atoms. The highest BCUT2D eigenvalue weighted by atomic mass is 32.2. The summed E-state index contributed by atoms with van der Waals surface area (Å²) in [5.41, 5.74) is 8.05. The molecule has 4 heterocycles. The topological polar surface area (TPSA) is 35.9 Å². The first-order valence-electron chi connectivity index (χ1n) is 14.3. The number of rotatable bonds is 2. The summed E-state index contributed by atoms with van der Waals surface area (Å²) in [7, 11) is 0. The molecule has 1 aliphatic heterocycles. The summed E-state index contributed by atoms with van der Waals surface area (Å²) in [6, 6.07) is 41.9. The van der Waals surface area contributed by atoms with Crippen LogP contribution in [0, 0.1) is 0 Å². The highest BCUT2D eigenvalue weighted by molar-refractivity contribution is 8.00. The molecule has 2 unspecified atom stereocenters. The first-order chi connectivity index (χ1) is 20.8. The summed E-state index contributed by atoms with van der Waals surface area (Å²) in [6.45, 7) is 0. The van der Waals surface area contributed by atoms with E-state index in [1.807, 2.05) is 11.8 Å². The molecule has 0 fully saturated rings. The highest BCUT2D eigenvalue weighted by Crippen LogP contribution is 2.52. The van der Waals surface area contributed by atoms with E-state index in [2.05, 4.69) is 137 Å². The van der Waals surface area contributed by atoms with Crippen molar-refractivity contribution in [1.29, 1.82) is 0 Å². The highest BCUT2D eigenvalue weighted by Gasteiger charge is 2.39. The Labute approximate surface area is 245 Å². The number of nitrogens with zero attached hydrogens (tertiary/aromatic N) is 3. The molecule has 2 atom stereocenters. The maximum absolute atomic E-state index is 6.62. The molecular formula is C37H23N3OS. The maximum atomic E-state index is 6.62. The Hall–Kier alpha value is -5.00. The van der Waals surface area contributed by atoms with Gasteiger partial charge in [0.05, 0.1) is 27.8 Å². The zero-order chi connectivity index (χ0) is 27.4. The van der Waals surface area contributed by atoms with E-state index in [-0.39, 0.29) is 5.92 Å². The summed E-state index contributed by atoms with van der Waals surface area (Å²) >= 11 is 1.92. The Morgan fingerprint density at radius 1 is 0.619 bits per heavy atom. The van der Waals surface area contributed by atoms with Crippen molar-refractivity contribution in [2.24, 2.45) is 0 Å². The van der Waals surface area contributed by atoms with Crippen LogP contribution in [0.25, 0.3) is 61.4 Å². The predicted molar refractivity (Wildman–Crippen MR) is 172 cm³/mol. The fraction of sp³-hybridized carbons (Fsp3) is 0.0541. The third-order valence-corrected chi connectivity index (χ3v) is 10.2. The van der Waals surface area contributed by atoms with Gasteiger partial charge in [-0.1, -0.05) is 78.9 Å². The number of para-hydroxylation sites is 3. The lowest BCUT2D eigenvalue weighted by molar-refractivity contribution is 0.523. The fourth-order valence-electron chi connectivity index (χ4n) is 7.13. The Morgan fingerprint density at radius 2 is 1.29 bits per heavy atom. The molecule has 8 aromatic rings. The Balaban J connectivity index is 1.28. The van der Waals surface area contributed by atoms with Gasteiger partial charge in [0.15, 0.2) is 5.76 Å². The van der Waals surface area contributed by atoms with E-state index in [0.717, 1.165) is 33.7 Å². The van der Waals surface area contributed by atoms with Crippen LogP contribution in [0.1, 0.15) is 22.9 Å². The van der Waals surface area contributed by atoms with Gasteiger partial charge in [0.1, 0.15) is 0 Å². The second-order valence-corrected chi connectivity index (χ2v) is 12.4. The number of aromatic nitrogens is 3. The van der Waals surface area contributed by atoms with Gasteiger partial charge in [-0.3, -0.25) is 4.57 Å². The van der Waals surface area contributed by atoms with Crippen molar-refractivity contribution < 1.29 is 4.42 Å². The lowest BCUT2D eigenvalue weighted by atomic mass is 9.88. The van der Waals surface area contributed by atoms with Crippen molar-refractivity contribution in [3.63, 3.8) is 0 Å². The molecule has 2 aliphatic rings. The molecule has 0 amide bonds. The van der Waals surface area contributed by atoms with Gasteiger partial charge >= 0.3 is 6.01 Å². The minimum atomic E-state index is 0.198. The zero-order valence-corrected chi connectivity index (χ0v) is 23.3. The van der Waals surface area contributed by atoms with Gasteiger partial charge in [-0.25, -0.2) is 0 Å². The van der Waals surface area contributed by atoms with Crippen molar-refractivity contribution in [3.8, 4) is 11.7 Å². The summed E-state index contributed by atoms with van der Waals surface area (Å²) in [4.78, 5) is 6.60. The average molecular weight is 558 g/mol. The van der Waals surface area contributed by atoms with E-state index in [0.29, 0.717) is 11.3 Å². The summed E-state index contributed by atoms with van der Waals surface area (Å²) in [5, 5.41) is 5.21. The molecule has 0 bridgehead atoms. The quantitative estimate of drug-likeness (QED) is 0.212. The standard InChI is InChI=1S/C37H23N3OS/c1-2-10-22(11-3-1)39-28-15-7-4-12-23(28)26-20-27-24-13-5-8-16-29(24)40(31(27)21-30(26)39)37-38-36-32(41-37)18-19-34-35(36)25-14-6-9-17-33(25)42-34/h1-21,34-35H. The average Bonchev–Trinajstić information content (AvgIpc) is 3.79. The second kappa shape index (κ2) is 8.28. The van der Waals surface area contributed by atoms with E-state index >= 15 is 0 Å². The molecule has 0 radical (unpaired) electrons. The Bertz CT molecular complexity index is 2410. The van der Waals surface area contributed by atoms with Crippen molar-refractivity contribution >= 4 is 61.4 Å². The van der Waals surface area contributed by atoms with Crippen LogP contribution < -0.4 is 0 Å². The van der Waals surface area contributed by atoms with Crippen molar-refractivity contribution in [1.82, 2.24) is 14.1 Å². The largest absolute Gasteiger partial charge is 0.423 e. The molecule has 5 aromatic carbocycles. The Kier molecular flexibility index (Phi) is 4.47. The van der Waals surface area contributed by atoms with Gasteiger partial charge in [0.25, 0.3) is 0 Å². The maximum Gasteiger partial charge on any atom is 0.307 e. The molecule has 198 valence electrons. The van der Waals surface area contributed by atoms with Gasteiger partial charge in [-0.15, -0.1) is 11.8 Å².